The Morgan fingerprint density at radius 2 is 2.11 bits per heavy atom. The van der Waals surface area contributed by atoms with Crippen molar-refractivity contribution in [3.8, 4) is 11.4 Å². The highest BCUT2D eigenvalue weighted by Gasteiger charge is 2.09. The highest BCUT2D eigenvalue weighted by atomic mass is 32.1. The molecule has 0 saturated carbocycles. The van der Waals surface area contributed by atoms with Crippen LogP contribution in [0.25, 0.3) is 11.4 Å². The molecule has 1 unspecified atom stereocenters. The van der Waals surface area contributed by atoms with Crippen LogP contribution in [0.2, 0.25) is 0 Å². The van der Waals surface area contributed by atoms with Crippen LogP contribution in [-0.4, -0.2) is 25.4 Å². The number of non-ortho nitro benzene ring substituents is 1. The third-order valence-corrected chi connectivity index (χ3v) is 3.31. The summed E-state index contributed by atoms with van der Waals surface area (Å²) in [6.07, 6.45) is 1.66. The molecule has 1 aromatic heterocycles. The van der Waals surface area contributed by atoms with Crippen molar-refractivity contribution in [3.05, 3.63) is 40.7 Å². The Labute approximate surface area is 116 Å². The van der Waals surface area contributed by atoms with Crippen molar-refractivity contribution in [1.29, 1.82) is 0 Å². The average Bonchev–Trinajstić information content (AvgIpc) is 2.87. The highest BCUT2D eigenvalue weighted by molar-refractivity contribution is 7.80. The predicted molar refractivity (Wildman–Crippen MR) is 75.1 cm³/mol. The lowest BCUT2D eigenvalue weighted by Crippen LogP contribution is -2.09. The molecule has 0 aliphatic carbocycles. The Morgan fingerprint density at radius 1 is 1.42 bits per heavy atom. The van der Waals surface area contributed by atoms with Crippen LogP contribution in [0.5, 0.6) is 0 Å². The molecule has 1 aromatic carbocycles. The molecule has 2 aromatic rings. The third-order valence-electron chi connectivity index (χ3n) is 2.68. The zero-order chi connectivity index (χ0) is 13.8. The quantitative estimate of drug-likeness (QED) is 0.518. The molecule has 1 heterocycles. The molecule has 1 atom stereocenters. The number of rotatable bonds is 5. The number of nitrogens with zero attached hydrogens (tertiary/aromatic N) is 4. The fourth-order valence-electron chi connectivity index (χ4n) is 1.62. The van der Waals surface area contributed by atoms with E-state index >= 15 is 0 Å². The molecule has 0 N–H and O–H groups in total. The van der Waals surface area contributed by atoms with Crippen LogP contribution >= 0.6 is 12.6 Å². The molecule has 100 valence electrons. The second-order valence-corrected chi connectivity index (χ2v) is 4.75. The van der Waals surface area contributed by atoms with Crippen molar-refractivity contribution in [2.24, 2.45) is 5.92 Å². The summed E-state index contributed by atoms with van der Waals surface area (Å²) in [6, 6.07) is 6.21. The van der Waals surface area contributed by atoms with E-state index in [0.29, 0.717) is 11.7 Å². The fraction of sp³-hybridized carbons (Fsp3) is 0.333. The average molecular weight is 278 g/mol. The van der Waals surface area contributed by atoms with Crippen LogP contribution in [-0.2, 0) is 6.54 Å². The monoisotopic (exact) mass is 278 g/mol. The molecule has 0 fully saturated rings. The predicted octanol–water partition coefficient (Wildman–Crippen LogP) is 2.42. The van der Waals surface area contributed by atoms with Gasteiger partial charge in [-0.2, -0.15) is 17.7 Å². The van der Waals surface area contributed by atoms with E-state index in [-0.39, 0.29) is 5.69 Å². The Morgan fingerprint density at radius 3 is 2.68 bits per heavy atom. The van der Waals surface area contributed by atoms with Gasteiger partial charge in [0.2, 0.25) is 0 Å². The molecule has 0 bridgehead atoms. The van der Waals surface area contributed by atoms with Crippen molar-refractivity contribution < 1.29 is 4.92 Å². The second kappa shape index (κ2) is 5.83. The van der Waals surface area contributed by atoms with Gasteiger partial charge in [0.15, 0.2) is 5.82 Å². The van der Waals surface area contributed by atoms with Gasteiger partial charge in [-0.15, -0.1) is 0 Å². The third kappa shape index (κ3) is 3.31. The maximum atomic E-state index is 10.6. The van der Waals surface area contributed by atoms with Gasteiger partial charge in [0.25, 0.3) is 5.69 Å². The molecular weight excluding hydrogens is 264 g/mol. The van der Waals surface area contributed by atoms with E-state index in [0.717, 1.165) is 17.9 Å². The van der Waals surface area contributed by atoms with Gasteiger partial charge in [-0.1, -0.05) is 6.92 Å². The molecule has 0 radical (unpaired) electrons. The van der Waals surface area contributed by atoms with E-state index in [2.05, 4.69) is 29.6 Å². The molecule has 0 saturated heterocycles. The smallest absolute Gasteiger partial charge is 0.258 e. The van der Waals surface area contributed by atoms with E-state index in [1.807, 2.05) is 0 Å². The number of nitro benzene ring substituents is 1. The summed E-state index contributed by atoms with van der Waals surface area (Å²) < 4.78 is 1.76. The van der Waals surface area contributed by atoms with Crippen molar-refractivity contribution in [2.75, 3.05) is 5.75 Å². The zero-order valence-electron chi connectivity index (χ0n) is 10.4. The van der Waals surface area contributed by atoms with Gasteiger partial charge < -0.3 is 0 Å². The summed E-state index contributed by atoms with van der Waals surface area (Å²) in [5.74, 6) is 1.77. The molecule has 2 rings (SSSR count). The summed E-state index contributed by atoms with van der Waals surface area (Å²) >= 11 is 4.23. The first-order valence-corrected chi connectivity index (χ1v) is 6.48. The summed E-state index contributed by atoms with van der Waals surface area (Å²) in [5.41, 5.74) is 0.828. The van der Waals surface area contributed by atoms with Crippen LogP contribution in [0.4, 0.5) is 5.69 Å². The number of thiol groups is 1. The van der Waals surface area contributed by atoms with Gasteiger partial charge in [-0.05, 0) is 23.8 Å². The number of benzene rings is 1. The summed E-state index contributed by atoms with van der Waals surface area (Å²) in [6.45, 7) is 2.84. The van der Waals surface area contributed by atoms with Crippen LogP contribution in [0.3, 0.4) is 0 Å². The normalized spacial score (nSPS) is 12.3. The lowest BCUT2D eigenvalue weighted by molar-refractivity contribution is -0.384. The molecule has 0 aliphatic rings. The molecule has 19 heavy (non-hydrogen) atoms. The van der Waals surface area contributed by atoms with Crippen molar-refractivity contribution in [1.82, 2.24) is 14.8 Å². The van der Waals surface area contributed by atoms with E-state index in [1.165, 1.54) is 12.1 Å². The van der Waals surface area contributed by atoms with Crippen molar-refractivity contribution >= 4 is 18.3 Å². The Bertz CT molecular complexity index is 567. The SMILES string of the molecule is CC(CS)Cn1cnc(-c2ccc([N+](=O)[O-])cc2)n1. The van der Waals surface area contributed by atoms with Crippen LogP contribution in [0, 0.1) is 16.0 Å². The molecule has 0 spiro atoms. The highest BCUT2D eigenvalue weighted by Crippen LogP contribution is 2.19. The van der Waals surface area contributed by atoms with Gasteiger partial charge >= 0.3 is 0 Å². The van der Waals surface area contributed by atoms with Crippen molar-refractivity contribution in [2.45, 2.75) is 13.5 Å². The standard InChI is InChI=1S/C12H14N4O2S/c1-9(7-19)6-15-8-13-12(14-15)10-2-4-11(5-3-10)16(17)18/h2-5,8-9,19H,6-7H2,1H3. The molecular formula is C12H14N4O2S. The lowest BCUT2D eigenvalue weighted by Gasteiger charge is -2.06. The van der Waals surface area contributed by atoms with Crippen LogP contribution < -0.4 is 0 Å². The molecule has 0 amide bonds. The van der Waals surface area contributed by atoms with Gasteiger partial charge in [0, 0.05) is 24.2 Å². The number of aromatic nitrogens is 3. The maximum Gasteiger partial charge on any atom is 0.269 e. The summed E-state index contributed by atoms with van der Waals surface area (Å²) in [4.78, 5) is 14.3. The number of hydrogen-bond acceptors (Lipinski definition) is 5. The summed E-state index contributed by atoms with van der Waals surface area (Å²) in [5, 5.41) is 14.9. The molecule has 0 aliphatic heterocycles. The van der Waals surface area contributed by atoms with Gasteiger partial charge in [-0.25, -0.2) is 4.98 Å². The van der Waals surface area contributed by atoms with E-state index < -0.39 is 4.92 Å². The lowest BCUT2D eigenvalue weighted by atomic mass is 10.2. The van der Waals surface area contributed by atoms with Gasteiger partial charge in [0.05, 0.1) is 4.92 Å². The van der Waals surface area contributed by atoms with Crippen molar-refractivity contribution in [3.63, 3.8) is 0 Å². The first-order valence-electron chi connectivity index (χ1n) is 5.85. The number of hydrogen-bond donors (Lipinski definition) is 1. The fourth-order valence-corrected chi connectivity index (χ4v) is 1.74. The minimum Gasteiger partial charge on any atom is -0.258 e. The summed E-state index contributed by atoms with van der Waals surface area (Å²) in [7, 11) is 0. The topological polar surface area (TPSA) is 73.8 Å². The minimum absolute atomic E-state index is 0.0619. The van der Waals surface area contributed by atoms with Gasteiger partial charge in [-0.3, -0.25) is 14.8 Å². The van der Waals surface area contributed by atoms with Gasteiger partial charge in [0.1, 0.15) is 6.33 Å². The van der Waals surface area contributed by atoms with Crippen LogP contribution in [0.15, 0.2) is 30.6 Å². The zero-order valence-corrected chi connectivity index (χ0v) is 11.3. The first kappa shape index (κ1) is 13.5. The first-order chi connectivity index (χ1) is 9.10. The maximum absolute atomic E-state index is 10.6. The molecule has 7 heteroatoms. The Balaban J connectivity index is 2.16. The minimum atomic E-state index is -0.426. The van der Waals surface area contributed by atoms with E-state index in [4.69, 9.17) is 0 Å². The Kier molecular flexibility index (Phi) is 4.16. The number of nitro groups is 1. The Hall–Kier alpha value is -1.89. The second-order valence-electron chi connectivity index (χ2n) is 4.38. The largest absolute Gasteiger partial charge is 0.269 e. The van der Waals surface area contributed by atoms with E-state index in [1.54, 1.807) is 23.1 Å². The molecule has 6 nitrogen and oxygen atoms in total. The van der Waals surface area contributed by atoms with E-state index in [9.17, 15) is 10.1 Å². The van der Waals surface area contributed by atoms with Crippen LogP contribution in [0.1, 0.15) is 6.92 Å².